The number of allylic oxidation sites excluding steroid dienone is 2. The number of ether oxygens (including phenoxy) is 3. The lowest BCUT2D eigenvalue weighted by molar-refractivity contribution is -0.206. The van der Waals surface area contributed by atoms with E-state index in [4.69, 9.17) is 14.2 Å². The van der Waals surface area contributed by atoms with Gasteiger partial charge in [-0.25, -0.2) is 4.79 Å². The topological polar surface area (TPSA) is 191 Å². The Hall–Kier alpha value is -3.17. The van der Waals surface area contributed by atoms with E-state index in [0.717, 1.165) is 87.7 Å². The normalized spacial score (nSPS) is 39.5. The minimum atomic E-state index is -1.38. The number of nitrogens with zero attached hydrogens (tertiary/aromatic N) is 4. The van der Waals surface area contributed by atoms with E-state index in [-0.39, 0.29) is 58.3 Å². The van der Waals surface area contributed by atoms with E-state index < -0.39 is 41.2 Å². The molecule has 6 aliphatic rings. The molecule has 12 atom stereocenters. The molecule has 5 aliphatic carbocycles. The minimum Gasteiger partial charge on any atom is -0.465 e. The van der Waals surface area contributed by atoms with Crippen molar-refractivity contribution in [1.82, 2.24) is 24.5 Å². The van der Waals surface area contributed by atoms with Crippen molar-refractivity contribution in [1.29, 1.82) is 0 Å². The Bertz CT molecular complexity index is 2110. The third kappa shape index (κ3) is 7.68. The predicted molar refractivity (Wildman–Crippen MR) is 231 cm³/mol. The molecule has 8 rings (SSSR count). The highest BCUT2D eigenvalue weighted by Crippen LogP contribution is 2.75. The maximum atomic E-state index is 14.4. The van der Waals surface area contributed by atoms with Gasteiger partial charge in [-0.1, -0.05) is 71.7 Å². The number of nitrogens with one attached hydrogen (secondary N) is 1. The van der Waals surface area contributed by atoms with E-state index in [9.17, 15) is 29.7 Å². The second-order valence-electron chi connectivity index (χ2n) is 22.3. The highest BCUT2D eigenvalue weighted by molar-refractivity contribution is 5.78. The van der Waals surface area contributed by atoms with E-state index in [1.165, 1.54) is 19.0 Å². The Labute approximate surface area is 366 Å². The molecule has 4 N–H and O–H groups in total. The maximum absolute atomic E-state index is 14.4. The summed E-state index contributed by atoms with van der Waals surface area (Å²) in [5.74, 6) is 1.33. The van der Waals surface area contributed by atoms with Crippen LogP contribution < -0.4 is 11.2 Å². The zero-order chi connectivity index (χ0) is 44.5. The van der Waals surface area contributed by atoms with E-state index in [1.807, 2.05) is 6.20 Å². The summed E-state index contributed by atoms with van der Waals surface area (Å²) in [6, 6.07) is 1.14. The van der Waals surface area contributed by atoms with Gasteiger partial charge in [-0.2, -0.15) is 0 Å². The van der Waals surface area contributed by atoms with Crippen molar-refractivity contribution in [2.75, 3.05) is 13.2 Å². The van der Waals surface area contributed by atoms with Crippen LogP contribution in [0.5, 0.6) is 0 Å². The molecule has 0 spiro atoms. The number of carbonyl (C=O) groups is 1. The summed E-state index contributed by atoms with van der Waals surface area (Å²) in [6.07, 6.45) is 14.6. The Morgan fingerprint density at radius 3 is 2.45 bits per heavy atom. The fourth-order valence-electron chi connectivity index (χ4n) is 14.2. The van der Waals surface area contributed by atoms with E-state index in [2.05, 4.69) is 69.8 Å². The van der Waals surface area contributed by atoms with Gasteiger partial charge in [0.25, 0.3) is 5.56 Å². The van der Waals surface area contributed by atoms with Gasteiger partial charge in [-0.15, -0.1) is 5.10 Å². The molecular formula is C48H73N5O9. The molecule has 3 heterocycles. The molecule has 62 heavy (non-hydrogen) atoms. The van der Waals surface area contributed by atoms with Gasteiger partial charge in [-0.05, 0) is 128 Å². The zero-order valence-corrected chi connectivity index (χ0v) is 38.2. The first-order chi connectivity index (χ1) is 29.3. The van der Waals surface area contributed by atoms with Gasteiger partial charge in [-0.3, -0.25) is 23.8 Å². The maximum Gasteiger partial charge on any atom is 0.330 e. The quantitative estimate of drug-likeness (QED) is 0.101. The highest BCUT2D eigenvalue weighted by Gasteiger charge is 2.69. The Morgan fingerprint density at radius 2 is 1.68 bits per heavy atom. The number of fused-ring (bicyclic) bond motifs is 7. The summed E-state index contributed by atoms with van der Waals surface area (Å²) in [5, 5.41) is 40.5. The lowest BCUT2D eigenvalue weighted by atomic mass is 9.33. The minimum absolute atomic E-state index is 0.0264. The highest BCUT2D eigenvalue weighted by atomic mass is 16.6. The van der Waals surface area contributed by atoms with Crippen LogP contribution in [0.15, 0.2) is 39.7 Å². The number of rotatable bonds is 13. The number of aryl methyl sites for hydroxylation is 1. The van der Waals surface area contributed by atoms with Crippen molar-refractivity contribution >= 4 is 5.97 Å². The second-order valence-corrected chi connectivity index (χ2v) is 22.3. The number of aliphatic hydroxyl groups excluding tert-OH is 3. The molecule has 14 nitrogen and oxygen atoms in total. The van der Waals surface area contributed by atoms with Crippen LogP contribution in [0, 0.1) is 50.2 Å². The number of hydrogen-bond acceptors (Lipinski definition) is 11. The first-order valence-electron chi connectivity index (χ1n) is 23.6. The third-order valence-corrected chi connectivity index (χ3v) is 18.1. The van der Waals surface area contributed by atoms with Crippen LogP contribution in [-0.2, 0) is 32.2 Å². The molecule has 2 aromatic heterocycles. The molecule has 1 aliphatic heterocycles. The molecule has 14 heteroatoms. The van der Waals surface area contributed by atoms with Crippen LogP contribution in [-0.4, -0.2) is 83.5 Å². The van der Waals surface area contributed by atoms with Crippen molar-refractivity contribution < 1.29 is 34.3 Å². The molecule has 0 radical (unpaired) electrons. The average molecular weight is 864 g/mol. The third-order valence-electron chi connectivity index (χ3n) is 18.1. The molecular weight excluding hydrogens is 791 g/mol. The van der Waals surface area contributed by atoms with Crippen LogP contribution in [0.4, 0.5) is 0 Å². The Morgan fingerprint density at radius 1 is 0.919 bits per heavy atom. The van der Waals surface area contributed by atoms with E-state index >= 15 is 0 Å². The summed E-state index contributed by atoms with van der Waals surface area (Å²) in [7, 11) is 0. The van der Waals surface area contributed by atoms with Gasteiger partial charge in [0.1, 0.15) is 24.0 Å². The molecule has 5 fully saturated rings. The summed E-state index contributed by atoms with van der Waals surface area (Å²) >= 11 is 0. The van der Waals surface area contributed by atoms with Gasteiger partial charge >= 0.3 is 11.7 Å². The molecule has 4 saturated carbocycles. The van der Waals surface area contributed by atoms with Crippen molar-refractivity contribution in [2.24, 2.45) is 50.2 Å². The largest absolute Gasteiger partial charge is 0.465 e. The first kappa shape index (κ1) is 45.4. The molecule has 344 valence electrons. The Balaban J connectivity index is 0.806. The van der Waals surface area contributed by atoms with Gasteiger partial charge < -0.3 is 29.5 Å². The summed E-state index contributed by atoms with van der Waals surface area (Å²) in [5.41, 5.74) is 0.907. The monoisotopic (exact) mass is 864 g/mol. The number of unbranched alkanes of at least 4 members (excludes halogenated alkanes) is 3. The van der Waals surface area contributed by atoms with Gasteiger partial charge in [0.2, 0.25) is 0 Å². The first-order valence-corrected chi connectivity index (χ1v) is 23.6. The van der Waals surface area contributed by atoms with E-state index in [1.54, 1.807) is 10.3 Å². The number of aromatic amines is 1. The van der Waals surface area contributed by atoms with E-state index in [0.29, 0.717) is 30.7 Å². The molecule has 2 aromatic rings. The fourth-order valence-corrected chi connectivity index (χ4v) is 14.2. The summed E-state index contributed by atoms with van der Waals surface area (Å²) < 4.78 is 20.5. The van der Waals surface area contributed by atoms with Crippen LogP contribution in [0.1, 0.15) is 150 Å². The number of H-pyrrole nitrogens is 1. The molecule has 0 bridgehead atoms. The predicted octanol–water partition coefficient (Wildman–Crippen LogP) is 6.23. The number of aromatic nitrogens is 5. The molecule has 1 saturated heterocycles. The van der Waals surface area contributed by atoms with Crippen molar-refractivity contribution in [3.63, 3.8) is 0 Å². The molecule has 0 aromatic carbocycles. The SMILES string of the molecule is CC1(C)CC[C@]2(C(=O)OCCCCCCn3cc(COC[C@H]4O[C@@H](n5ccc(=O)[nH]c5=O)C(O)C4O)nn3)CC[C@]3(C)C(=CCC4[C@@]5(C)CC[C@H](O)C(C)(C)C5CC[C@]43C)[C@@H]2C1. The number of hydrogen-bond donors (Lipinski definition) is 4. The fraction of sp³-hybridized carbons (Fsp3) is 0.812. The van der Waals surface area contributed by atoms with Crippen molar-refractivity contribution in [3.8, 4) is 0 Å². The van der Waals surface area contributed by atoms with Crippen LogP contribution in [0.25, 0.3) is 0 Å². The standard InChI is InChI=1S/C48H73N5O9/c1-43(2)19-21-48(22-20-46(6)31(32(48)26-43)12-13-35-45(5)17-15-36(54)44(3,4)34(45)14-18-47(35,46)7)41(58)61-25-11-9-8-10-23-52-27-30(50-51-52)28-60-29-33-38(56)39(57)40(62-33)53-24-16-37(55)49-42(53)59/h12,16,24,27,32-36,38-40,54,56-57H,8-11,13-15,17-23,25-26,28-29H2,1-7H3,(H,49,55,59)/t32-,33+,34?,35?,36-,38?,39?,40+,45-,46+,47+,48-/m0/s1. The second kappa shape index (κ2) is 16.7. The van der Waals surface area contributed by atoms with Crippen molar-refractivity contribution in [3.05, 3.63) is 56.6 Å². The number of esters is 1. The van der Waals surface area contributed by atoms with Crippen LogP contribution >= 0.6 is 0 Å². The summed E-state index contributed by atoms with van der Waals surface area (Å²) in [4.78, 5) is 40.1. The lowest BCUT2D eigenvalue weighted by Gasteiger charge is -2.71. The number of carbonyl (C=O) groups excluding carboxylic acids is 1. The number of aliphatic hydroxyl groups is 3. The van der Waals surface area contributed by atoms with Gasteiger partial charge in [0.05, 0.1) is 37.5 Å². The lowest BCUT2D eigenvalue weighted by Crippen LogP contribution is -2.65. The Kier molecular flexibility index (Phi) is 12.2. The van der Waals surface area contributed by atoms with Crippen molar-refractivity contribution in [2.45, 2.75) is 182 Å². The summed E-state index contributed by atoms with van der Waals surface area (Å²) in [6.45, 7) is 18.3. The van der Waals surface area contributed by atoms with Crippen LogP contribution in [0.2, 0.25) is 0 Å². The van der Waals surface area contributed by atoms with Gasteiger partial charge in [0.15, 0.2) is 6.23 Å². The average Bonchev–Trinajstić information content (AvgIpc) is 3.78. The van der Waals surface area contributed by atoms with Gasteiger partial charge in [0, 0.05) is 18.8 Å². The molecule has 0 amide bonds. The molecule has 4 unspecified atom stereocenters. The zero-order valence-electron chi connectivity index (χ0n) is 38.2. The smallest absolute Gasteiger partial charge is 0.330 e. The van der Waals surface area contributed by atoms with Crippen LogP contribution in [0.3, 0.4) is 0 Å².